The molecule has 13 nitrogen and oxygen atoms in total. The highest BCUT2D eigenvalue weighted by atomic mass is 16.4. The van der Waals surface area contributed by atoms with Gasteiger partial charge in [0.2, 0.25) is 11.8 Å². The number of rotatable bonds is 5. The summed E-state index contributed by atoms with van der Waals surface area (Å²) in [6.07, 6.45) is 0. The fourth-order valence-corrected chi connectivity index (χ4v) is 5.05. The first-order valence-corrected chi connectivity index (χ1v) is 19.4. The van der Waals surface area contributed by atoms with Crippen molar-refractivity contribution in [2.75, 3.05) is 0 Å². The number of imidazole rings is 1. The summed E-state index contributed by atoms with van der Waals surface area (Å²) in [4.78, 5) is 17.1. The molecule has 3 aromatic rings. The van der Waals surface area contributed by atoms with Crippen molar-refractivity contribution in [1.29, 1.82) is 0 Å². The Morgan fingerprint density at radius 3 is 1.43 bits per heavy atom. The standard InChI is InChI=1S/C12H24N2.C10H20N2.C8H14N2.C6H10N2O.C4H8N4/c1-8(2)10-13-11(4,5)9(3)12(6,7)14-10;1-7(2)8-11-9(3,4)10(5,6)12-8;1-5(2)8-9-6(3)7(4)10-8;1-4(2)6-8-7-5(3)9-6;1-3(2)4-5-7-8-6-4/h8-9H,1-7H3,(H,13,14);7H,1-6H3,(H,11,12);5H,1-4H3,(H,9,10);4H,1-3H3;3H,1-2H3,(H,5,6,7,8). The zero-order valence-corrected chi connectivity index (χ0v) is 37.5. The number of hydrogen-bond donors (Lipinski definition) is 4. The fraction of sp³-hybridized carbons (Fsp3) is 0.800. The first-order valence-electron chi connectivity index (χ1n) is 19.4. The summed E-state index contributed by atoms with van der Waals surface area (Å²) in [6.45, 7) is 46.9. The van der Waals surface area contributed by atoms with E-state index in [-0.39, 0.29) is 22.2 Å². The first kappa shape index (κ1) is 47.4. The maximum absolute atomic E-state index is 5.12. The highest BCUT2D eigenvalue weighted by Crippen LogP contribution is 2.35. The third kappa shape index (κ3) is 14.3. The number of tetrazole rings is 1. The largest absolute Gasteiger partial charge is 0.425 e. The van der Waals surface area contributed by atoms with E-state index in [1.54, 1.807) is 6.92 Å². The number of nitrogens with one attached hydrogen (secondary N) is 4. The molecule has 13 heteroatoms. The molecule has 0 saturated carbocycles. The first-order chi connectivity index (χ1) is 24.0. The van der Waals surface area contributed by atoms with Gasteiger partial charge in [0.05, 0.1) is 28.1 Å². The molecule has 5 heterocycles. The molecule has 302 valence electrons. The van der Waals surface area contributed by atoms with Crippen molar-refractivity contribution in [1.82, 2.24) is 51.4 Å². The van der Waals surface area contributed by atoms with Crippen molar-refractivity contribution in [2.24, 2.45) is 27.7 Å². The predicted molar refractivity (Wildman–Crippen MR) is 220 cm³/mol. The summed E-state index contributed by atoms with van der Waals surface area (Å²) in [7, 11) is 0. The van der Waals surface area contributed by atoms with Gasteiger partial charge in [-0.25, -0.2) is 4.98 Å². The van der Waals surface area contributed by atoms with Gasteiger partial charge < -0.3 is 20.0 Å². The van der Waals surface area contributed by atoms with Gasteiger partial charge in [0, 0.05) is 53.7 Å². The van der Waals surface area contributed by atoms with Gasteiger partial charge in [-0.3, -0.25) is 9.98 Å². The van der Waals surface area contributed by atoms with Gasteiger partial charge in [0.1, 0.15) is 11.7 Å². The van der Waals surface area contributed by atoms with E-state index in [4.69, 9.17) is 9.41 Å². The number of aryl methyl sites for hydroxylation is 3. The minimum atomic E-state index is 0.0204. The summed E-state index contributed by atoms with van der Waals surface area (Å²) < 4.78 is 5.12. The van der Waals surface area contributed by atoms with E-state index in [9.17, 15) is 0 Å². The summed E-state index contributed by atoms with van der Waals surface area (Å²) in [5.74, 6) is 8.26. The Kier molecular flexibility index (Phi) is 17.1. The second-order valence-electron chi connectivity index (χ2n) is 18.1. The topological polar surface area (TPSA) is 171 Å². The molecule has 0 aromatic carbocycles. The smallest absolute Gasteiger partial charge is 0.219 e. The Labute approximate surface area is 321 Å². The number of hydrogen-bond acceptors (Lipinski definition) is 11. The Bertz CT molecular complexity index is 1550. The molecule has 3 aromatic heterocycles. The highest BCUT2D eigenvalue weighted by molar-refractivity contribution is 5.87. The van der Waals surface area contributed by atoms with E-state index >= 15 is 0 Å². The molecule has 5 rings (SSSR count). The summed E-state index contributed by atoms with van der Waals surface area (Å²) in [5, 5.41) is 27.9. The van der Waals surface area contributed by atoms with E-state index in [1.807, 2.05) is 41.5 Å². The molecule has 4 N–H and O–H groups in total. The van der Waals surface area contributed by atoms with Gasteiger partial charge in [-0.2, -0.15) is 5.21 Å². The highest BCUT2D eigenvalue weighted by Gasteiger charge is 2.43. The second kappa shape index (κ2) is 19.1. The lowest BCUT2D eigenvalue weighted by molar-refractivity contribution is 0.189. The maximum Gasteiger partial charge on any atom is 0.219 e. The average Bonchev–Trinajstić information content (AvgIpc) is 3.81. The Morgan fingerprint density at radius 1 is 0.642 bits per heavy atom. The molecule has 0 bridgehead atoms. The molecule has 2 aliphatic heterocycles. The zero-order chi connectivity index (χ0) is 41.3. The summed E-state index contributed by atoms with van der Waals surface area (Å²) >= 11 is 0. The van der Waals surface area contributed by atoms with Gasteiger partial charge in [-0.1, -0.05) is 81.4 Å². The van der Waals surface area contributed by atoms with Crippen LogP contribution in [0.5, 0.6) is 0 Å². The van der Waals surface area contributed by atoms with Crippen LogP contribution in [-0.2, 0) is 0 Å². The third-order valence-electron chi connectivity index (χ3n) is 10.1. The van der Waals surface area contributed by atoms with Crippen molar-refractivity contribution in [2.45, 2.75) is 192 Å². The minimum absolute atomic E-state index is 0.0204. The lowest BCUT2D eigenvalue weighted by Crippen LogP contribution is -2.59. The lowest BCUT2D eigenvalue weighted by atomic mass is 9.74. The molecule has 0 amide bonds. The van der Waals surface area contributed by atoms with Crippen LogP contribution >= 0.6 is 0 Å². The van der Waals surface area contributed by atoms with Crippen LogP contribution in [-0.4, -0.2) is 74.6 Å². The fourth-order valence-electron chi connectivity index (χ4n) is 5.05. The zero-order valence-electron chi connectivity index (χ0n) is 37.5. The third-order valence-corrected chi connectivity index (χ3v) is 10.1. The average molecular weight is 741 g/mol. The van der Waals surface area contributed by atoms with Crippen LogP contribution in [0.2, 0.25) is 0 Å². The molecule has 1 unspecified atom stereocenters. The van der Waals surface area contributed by atoms with E-state index < -0.39 is 0 Å². The molecule has 0 aliphatic carbocycles. The van der Waals surface area contributed by atoms with Crippen LogP contribution in [0, 0.1) is 38.5 Å². The molecular weight excluding hydrogens is 665 g/mol. The second-order valence-corrected chi connectivity index (χ2v) is 18.1. The molecule has 53 heavy (non-hydrogen) atoms. The Hall–Kier alpha value is -3.64. The Balaban J connectivity index is 0.000000336. The molecular formula is C40H76N12O. The SMILES string of the molecule is CC(C)C1=NC(C)(C)C(C)(C)N1.CC(C)C1=NC(C)(C)C(C)C(C)(C)N1.CC(C)c1nn[nH]n1.Cc1nc(C(C)C)[nH]c1C.Cc1nnc(C(C)C)o1. The molecule has 0 fully saturated rings. The van der Waals surface area contributed by atoms with Crippen molar-refractivity contribution in [3.8, 4) is 0 Å². The number of aromatic nitrogens is 8. The van der Waals surface area contributed by atoms with E-state index in [1.165, 1.54) is 5.69 Å². The van der Waals surface area contributed by atoms with Crippen LogP contribution in [0.1, 0.15) is 184 Å². The number of H-pyrrole nitrogens is 2. The van der Waals surface area contributed by atoms with Crippen LogP contribution in [0.15, 0.2) is 14.4 Å². The number of nitrogens with zero attached hydrogens (tertiary/aromatic N) is 8. The number of aliphatic imine (C=N–C) groups is 2. The van der Waals surface area contributed by atoms with Gasteiger partial charge in [-0.15, -0.1) is 20.4 Å². The van der Waals surface area contributed by atoms with Crippen molar-refractivity contribution in [3.05, 3.63) is 34.8 Å². The summed E-state index contributed by atoms with van der Waals surface area (Å²) in [5.41, 5.74) is 2.60. The van der Waals surface area contributed by atoms with Crippen LogP contribution in [0.4, 0.5) is 0 Å². The van der Waals surface area contributed by atoms with Crippen molar-refractivity contribution < 1.29 is 4.42 Å². The van der Waals surface area contributed by atoms with Crippen LogP contribution < -0.4 is 10.6 Å². The minimum Gasteiger partial charge on any atom is -0.425 e. The lowest BCUT2D eigenvalue weighted by Gasteiger charge is -2.47. The van der Waals surface area contributed by atoms with Gasteiger partial charge in [0.25, 0.3) is 0 Å². The summed E-state index contributed by atoms with van der Waals surface area (Å²) in [6, 6.07) is 0. The molecule has 0 saturated heterocycles. The molecule has 0 radical (unpaired) electrons. The van der Waals surface area contributed by atoms with Gasteiger partial charge >= 0.3 is 0 Å². The van der Waals surface area contributed by atoms with Gasteiger partial charge in [-0.05, 0) is 69.2 Å². The molecule has 1 atom stereocenters. The van der Waals surface area contributed by atoms with Gasteiger partial charge in [0.15, 0.2) is 5.82 Å². The molecule has 0 spiro atoms. The predicted octanol–water partition coefficient (Wildman–Crippen LogP) is 9.01. The Morgan fingerprint density at radius 2 is 1.19 bits per heavy atom. The van der Waals surface area contributed by atoms with E-state index in [0.29, 0.717) is 47.3 Å². The van der Waals surface area contributed by atoms with Crippen molar-refractivity contribution in [3.63, 3.8) is 0 Å². The van der Waals surface area contributed by atoms with E-state index in [0.717, 1.165) is 29.0 Å². The van der Waals surface area contributed by atoms with Crippen LogP contribution in [0.25, 0.3) is 0 Å². The van der Waals surface area contributed by atoms with Crippen LogP contribution in [0.3, 0.4) is 0 Å². The monoisotopic (exact) mass is 741 g/mol. The number of amidine groups is 2. The molecule has 2 aliphatic rings. The maximum atomic E-state index is 5.12. The normalized spacial score (nSPS) is 19.0. The number of aromatic amines is 2. The van der Waals surface area contributed by atoms with E-state index in [2.05, 4.69) is 160 Å². The quantitative estimate of drug-likeness (QED) is 0.199. The van der Waals surface area contributed by atoms with Crippen molar-refractivity contribution >= 4 is 11.7 Å².